The van der Waals surface area contributed by atoms with Crippen molar-refractivity contribution in [1.29, 1.82) is 0 Å². The molecule has 0 radical (unpaired) electrons. The van der Waals surface area contributed by atoms with E-state index in [4.69, 9.17) is 4.74 Å². The number of carbonyl (C=O) groups is 4. The molecule has 0 saturated heterocycles. The van der Waals surface area contributed by atoms with Crippen LogP contribution in [0.3, 0.4) is 0 Å². The minimum Gasteiger partial charge on any atom is -0.466 e. The third kappa shape index (κ3) is 5.05. The number of rotatable bonds is 9. The lowest BCUT2D eigenvalue weighted by Gasteiger charge is -2.29. The van der Waals surface area contributed by atoms with E-state index < -0.39 is 29.1 Å². The van der Waals surface area contributed by atoms with Crippen molar-refractivity contribution in [3.8, 4) is 0 Å². The van der Waals surface area contributed by atoms with Crippen molar-refractivity contribution in [3.63, 3.8) is 0 Å². The topological polar surface area (TPSA) is 96.0 Å². The molecule has 0 N–H and O–H groups in total. The molecular weight excluding hydrogens is 304 g/mol. The van der Waals surface area contributed by atoms with E-state index >= 15 is 0 Å². The molecule has 0 heterocycles. The quantitative estimate of drug-likeness (QED) is 0.273. The molecule has 0 aliphatic carbocycles. The van der Waals surface area contributed by atoms with Gasteiger partial charge in [0, 0.05) is 24.0 Å². The van der Waals surface area contributed by atoms with Gasteiger partial charge in [0.15, 0.2) is 0 Å². The number of methoxy groups -OCH3 is 2. The standard InChI is InChI=1S/C16H22O7/c1-7-23-15(20)16(12(4)17,8-10(2)13(18)21-5)9-11(3)14(19)22-6/h2-3,7-9H2,1,4-6H3. The fourth-order valence-electron chi connectivity index (χ4n) is 2.03. The monoisotopic (exact) mass is 326 g/mol. The summed E-state index contributed by atoms with van der Waals surface area (Å²) in [6.45, 7) is 9.83. The zero-order chi connectivity index (χ0) is 18.2. The molecule has 0 aliphatic rings. The Bertz CT molecular complexity index is 501. The SMILES string of the molecule is C=C(CC(CC(=C)C(=O)OC)(C(C)=O)C(=O)OCC)C(=O)OC. The Morgan fingerprint density at radius 3 is 1.57 bits per heavy atom. The highest BCUT2D eigenvalue weighted by atomic mass is 16.5. The van der Waals surface area contributed by atoms with E-state index in [9.17, 15) is 19.2 Å². The third-order valence-corrected chi connectivity index (χ3v) is 3.32. The van der Waals surface area contributed by atoms with Crippen molar-refractivity contribution < 1.29 is 33.4 Å². The van der Waals surface area contributed by atoms with Gasteiger partial charge in [-0.3, -0.25) is 9.59 Å². The normalized spacial score (nSPS) is 10.4. The van der Waals surface area contributed by atoms with Crippen molar-refractivity contribution in [2.24, 2.45) is 5.41 Å². The van der Waals surface area contributed by atoms with E-state index in [0.29, 0.717) is 0 Å². The predicted octanol–water partition coefficient (Wildman–Crippen LogP) is 1.36. The van der Waals surface area contributed by atoms with Gasteiger partial charge in [0.1, 0.15) is 11.2 Å². The van der Waals surface area contributed by atoms with Crippen LogP contribution >= 0.6 is 0 Å². The van der Waals surface area contributed by atoms with Crippen molar-refractivity contribution in [2.75, 3.05) is 20.8 Å². The number of ether oxygens (including phenoxy) is 3. The number of Topliss-reactive ketones (excluding diaryl/α,β-unsaturated/α-hetero) is 1. The summed E-state index contributed by atoms with van der Waals surface area (Å²) in [6, 6.07) is 0. The van der Waals surface area contributed by atoms with Crippen molar-refractivity contribution in [2.45, 2.75) is 26.7 Å². The number of carbonyl (C=O) groups excluding carboxylic acids is 4. The third-order valence-electron chi connectivity index (χ3n) is 3.32. The summed E-state index contributed by atoms with van der Waals surface area (Å²) in [5, 5.41) is 0. The molecular formula is C16H22O7. The molecule has 0 aromatic heterocycles. The Kier molecular flexibility index (Phi) is 7.93. The van der Waals surface area contributed by atoms with E-state index in [0.717, 1.165) is 14.2 Å². The van der Waals surface area contributed by atoms with Crippen LogP contribution in [0.25, 0.3) is 0 Å². The van der Waals surface area contributed by atoms with Gasteiger partial charge in [0.2, 0.25) is 0 Å². The summed E-state index contributed by atoms with van der Waals surface area (Å²) in [5.41, 5.74) is -1.96. The second-order valence-corrected chi connectivity index (χ2v) is 4.90. The number of esters is 3. The molecule has 7 nitrogen and oxygen atoms in total. The summed E-state index contributed by atoms with van der Waals surface area (Å²) < 4.78 is 14.0. The fourth-order valence-corrected chi connectivity index (χ4v) is 2.03. The first kappa shape index (κ1) is 20.6. The number of ketones is 1. The zero-order valence-electron chi connectivity index (χ0n) is 13.9. The van der Waals surface area contributed by atoms with Crippen LogP contribution in [0.1, 0.15) is 26.7 Å². The van der Waals surface area contributed by atoms with Crippen LogP contribution < -0.4 is 0 Å². The molecule has 7 heteroatoms. The average molecular weight is 326 g/mol. The molecule has 0 amide bonds. The zero-order valence-corrected chi connectivity index (χ0v) is 13.9. The Balaban J connectivity index is 5.79. The second kappa shape index (κ2) is 8.87. The van der Waals surface area contributed by atoms with Crippen molar-refractivity contribution >= 4 is 23.7 Å². The smallest absolute Gasteiger partial charge is 0.333 e. The Morgan fingerprint density at radius 2 is 1.30 bits per heavy atom. The maximum Gasteiger partial charge on any atom is 0.333 e. The van der Waals surface area contributed by atoms with Gasteiger partial charge in [-0.25, -0.2) is 9.59 Å². The lowest BCUT2D eigenvalue weighted by atomic mass is 9.73. The van der Waals surface area contributed by atoms with Crippen molar-refractivity contribution in [3.05, 3.63) is 24.3 Å². The van der Waals surface area contributed by atoms with E-state index in [1.807, 2.05) is 0 Å². The van der Waals surface area contributed by atoms with Gasteiger partial charge >= 0.3 is 17.9 Å². The second-order valence-electron chi connectivity index (χ2n) is 4.90. The highest BCUT2D eigenvalue weighted by Crippen LogP contribution is 2.36. The molecule has 0 bridgehead atoms. The average Bonchev–Trinajstić information content (AvgIpc) is 2.51. The first-order chi connectivity index (χ1) is 10.7. The molecule has 0 spiro atoms. The number of hydrogen-bond acceptors (Lipinski definition) is 7. The minimum atomic E-state index is -1.79. The highest BCUT2D eigenvalue weighted by Gasteiger charge is 2.47. The van der Waals surface area contributed by atoms with E-state index in [1.165, 1.54) is 6.92 Å². The first-order valence-corrected chi connectivity index (χ1v) is 6.86. The molecule has 0 saturated carbocycles. The van der Waals surface area contributed by atoms with Crippen LogP contribution in [0.4, 0.5) is 0 Å². The lowest BCUT2D eigenvalue weighted by Crippen LogP contribution is -2.41. The Morgan fingerprint density at radius 1 is 0.913 bits per heavy atom. The highest BCUT2D eigenvalue weighted by molar-refractivity contribution is 6.06. The molecule has 0 aromatic carbocycles. The fraction of sp³-hybridized carbons (Fsp3) is 0.500. The minimum absolute atomic E-state index is 0.0310. The van der Waals surface area contributed by atoms with Crippen LogP contribution in [0.5, 0.6) is 0 Å². The summed E-state index contributed by atoms with van der Waals surface area (Å²) in [6.07, 6.45) is -0.687. The van der Waals surface area contributed by atoms with Crippen LogP contribution in [0, 0.1) is 5.41 Å². The molecule has 0 aliphatic heterocycles. The van der Waals surface area contributed by atoms with Gasteiger partial charge in [-0.05, 0) is 13.8 Å². The van der Waals surface area contributed by atoms with Crippen LogP contribution in [-0.2, 0) is 33.4 Å². The van der Waals surface area contributed by atoms with Gasteiger partial charge in [0.05, 0.1) is 20.8 Å². The van der Waals surface area contributed by atoms with Gasteiger partial charge in [-0.15, -0.1) is 0 Å². The molecule has 0 aromatic rings. The van der Waals surface area contributed by atoms with Gasteiger partial charge in [-0.2, -0.15) is 0 Å². The molecule has 0 unspecified atom stereocenters. The van der Waals surface area contributed by atoms with Gasteiger partial charge < -0.3 is 14.2 Å². The van der Waals surface area contributed by atoms with E-state index in [1.54, 1.807) is 6.92 Å². The molecule has 0 rings (SSSR count). The first-order valence-electron chi connectivity index (χ1n) is 6.86. The van der Waals surface area contributed by atoms with E-state index in [2.05, 4.69) is 22.6 Å². The summed E-state index contributed by atoms with van der Waals surface area (Å²) in [7, 11) is 2.31. The maximum atomic E-state index is 12.4. The summed E-state index contributed by atoms with van der Waals surface area (Å²) in [5.74, 6) is -2.96. The Labute approximate surface area is 135 Å². The van der Waals surface area contributed by atoms with Gasteiger partial charge in [-0.1, -0.05) is 13.2 Å². The Hall–Kier alpha value is -2.44. The molecule has 23 heavy (non-hydrogen) atoms. The summed E-state index contributed by atoms with van der Waals surface area (Å²) >= 11 is 0. The molecule has 0 fully saturated rings. The molecule has 128 valence electrons. The lowest BCUT2D eigenvalue weighted by molar-refractivity contribution is -0.160. The van der Waals surface area contributed by atoms with Crippen LogP contribution in [0.2, 0.25) is 0 Å². The number of hydrogen-bond donors (Lipinski definition) is 0. The van der Waals surface area contributed by atoms with Gasteiger partial charge in [0.25, 0.3) is 0 Å². The summed E-state index contributed by atoms with van der Waals surface area (Å²) in [4.78, 5) is 47.7. The van der Waals surface area contributed by atoms with E-state index in [-0.39, 0.29) is 30.6 Å². The largest absolute Gasteiger partial charge is 0.466 e. The predicted molar refractivity (Wildman–Crippen MR) is 81.3 cm³/mol. The van der Waals surface area contributed by atoms with Crippen molar-refractivity contribution in [1.82, 2.24) is 0 Å². The maximum absolute atomic E-state index is 12.4. The van der Waals surface area contributed by atoms with Crippen LogP contribution in [-0.4, -0.2) is 44.5 Å². The molecule has 0 atom stereocenters. The van der Waals surface area contributed by atoms with Crippen LogP contribution in [0.15, 0.2) is 24.3 Å².